The van der Waals surface area contributed by atoms with Gasteiger partial charge in [-0.15, -0.1) is 23.7 Å². The van der Waals surface area contributed by atoms with Crippen molar-refractivity contribution in [3.05, 3.63) is 16.6 Å². The van der Waals surface area contributed by atoms with Gasteiger partial charge in [0.2, 0.25) is 0 Å². The number of rotatable bonds is 3. The molecule has 0 unspecified atom stereocenters. The van der Waals surface area contributed by atoms with Crippen LogP contribution in [0.2, 0.25) is 0 Å². The highest BCUT2D eigenvalue weighted by atomic mass is 35.5. The van der Waals surface area contributed by atoms with Gasteiger partial charge in [0, 0.05) is 11.1 Å². The van der Waals surface area contributed by atoms with Gasteiger partial charge in [0.1, 0.15) is 0 Å². The van der Waals surface area contributed by atoms with Gasteiger partial charge in [0.25, 0.3) is 0 Å². The van der Waals surface area contributed by atoms with Crippen LogP contribution in [0.1, 0.15) is 17.7 Å². The number of thiazole rings is 1. The van der Waals surface area contributed by atoms with Gasteiger partial charge in [0.05, 0.1) is 16.5 Å². The molecular formula is C9H15ClN2O2S2. The lowest BCUT2D eigenvalue weighted by molar-refractivity contribution is 0.496. The van der Waals surface area contributed by atoms with E-state index in [0.29, 0.717) is 0 Å². The van der Waals surface area contributed by atoms with E-state index in [9.17, 15) is 8.42 Å². The third kappa shape index (κ3) is 3.41. The van der Waals surface area contributed by atoms with E-state index < -0.39 is 9.84 Å². The maximum atomic E-state index is 12.0. The molecule has 1 aliphatic heterocycles. The third-order valence-corrected chi connectivity index (χ3v) is 5.78. The van der Waals surface area contributed by atoms with Crippen LogP contribution in [0.5, 0.6) is 0 Å². The number of nitrogens with one attached hydrogen (secondary N) is 1. The lowest BCUT2D eigenvalue weighted by Gasteiger charge is -2.22. The maximum absolute atomic E-state index is 12.0. The fourth-order valence-corrected chi connectivity index (χ4v) is 4.59. The Hall–Kier alpha value is -0.170. The molecule has 1 N–H and O–H groups in total. The molecule has 1 aliphatic rings. The van der Waals surface area contributed by atoms with E-state index >= 15 is 0 Å². The molecule has 0 atom stereocenters. The van der Waals surface area contributed by atoms with Crippen LogP contribution in [-0.4, -0.2) is 31.7 Å². The summed E-state index contributed by atoms with van der Waals surface area (Å²) in [6, 6.07) is 0. The SMILES string of the molecule is Cl.O=S(=O)(Cc1cncs1)C1CCNCC1. The smallest absolute Gasteiger partial charge is 0.158 e. The first kappa shape index (κ1) is 13.9. The normalized spacial score (nSPS) is 18.0. The third-order valence-electron chi connectivity index (χ3n) is 2.62. The highest BCUT2D eigenvalue weighted by Gasteiger charge is 2.27. The number of nitrogens with zero attached hydrogens (tertiary/aromatic N) is 1. The van der Waals surface area contributed by atoms with Gasteiger partial charge in [-0.1, -0.05) is 0 Å². The summed E-state index contributed by atoms with van der Waals surface area (Å²) < 4.78 is 24.0. The average Bonchev–Trinajstić information content (AvgIpc) is 2.71. The predicted octanol–water partition coefficient (Wildman–Crippen LogP) is 1.23. The molecule has 2 heterocycles. The van der Waals surface area contributed by atoms with Crippen molar-refractivity contribution in [2.75, 3.05) is 13.1 Å². The molecule has 0 aliphatic carbocycles. The summed E-state index contributed by atoms with van der Waals surface area (Å²) in [7, 11) is -2.98. The van der Waals surface area contributed by atoms with E-state index in [2.05, 4.69) is 10.3 Å². The fourth-order valence-electron chi connectivity index (χ4n) is 1.78. The largest absolute Gasteiger partial charge is 0.317 e. The lowest BCUT2D eigenvalue weighted by atomic mass is 10.2. The molecule has 1 aromatic heterocycles. The molecule has 1 fully saturated rings. The number of hydrogen-bond donors (Lipinski definition) is 1. The molecule has 1 aromatic rings. The van der Waals surface area contributed by atoms with Crippen LogP contribution in [0.25, 0.3) is 0 Å². The van der Waals surface area contributed by atoms with E-state index in [4.69, 9.17) is 0 Å². The fraction of sp³-hybridized carbons (Fsp3) is 0.667. The quantitative estimate of drug-likeness (QED) is 0.906. The first-order valence-electron chi connectivity index (χ1n) is 4.98. The van der Waals surface area contributed by atoms with Crippen molar-refractivity contribution in [2.24, 2.45) is 0 Å². The van der Waals surface area contributed by atoms with Gasteiger partial charge >= 0.3 is 0 Å². The van der Waals surface area contributed by atoms with Crippen LogP contribution in [0.3, 0.4) is 0 Å². The van der Waals surface area contributed by atoms with Gasteiger partial charge in [-0.3, -0.25) is 4.98 Å². The summed E-state index contributed by atoms with van der Waals surface area (Å²) in [5.41, 5.74) is 1.67. The molecule has 16 heavy (non-hydrogen) atoms. The Balaban J connectivity index is 0.00000128. The summed E-state index contributed by atoms with van der Waals surface area (Å²) in [5, 5.41) is 3.01. The Morgan fingerprint density at radius 3 is 2.69 bits per heavy atom. The molecule has 0 aromatic carbocycles. The molecule has 92 valence electrons. The lowest BCUT2D eigenvalue weighted by Crippen LogP contribution is -2.36. The van der Waals surface area contributed by atoms with Crippen molar-refractivity contribution < 1.29 is 8.42 Å². The number of hydrogen-bond acceptors (Lipinski definition) is 5. The molecule has 1 saturated heterocycles. The van der Waals surface area contributed by atoms with E-state index in [1.165, 1.54) is 11.3 Å². The summed E-state index contributed by atoms with van der Waals surface area (Å²) in [6.07, 6.45) is 3.12. The van der Waals surface area contributed by atoms with E-state index in [0.717, 1.165) is 30.8 Å². The van der Waals surface area contributed by atoms with Crippen molar-refractivity contribution in [3.63, 3.8) is 0 Å². The minimum Gasteiger partial charge on any atom is -0.317 e. The summed E-state index contributed by atoms with van der Waals surface area (Å²) >= 11 is 1.41. The first-order chi connectivity index (χ1) is 7.18. The molecule has 0 saturated carbocycles. The minimum absolute atomic E-state index is 0. The van der Waals surface area contributed by atoms with Crippen LogP contribution in [0, 0.1) is 0 Å². The number of aromatic nitrogens is 1. The van der Waals surface area contributed by atoms with E-state index in [-0.39, 0.29) is 23.4 Å². The Kier molecular flexibility index (Phi) is 5.17. The van der Waals surface area contributed by atoms with Crippen LogP contribution in [0.4, 0.5) is 0 Å². The second-order valence-corrected chi connectivity index (χ2v) is 6.98. The number of halogens is 1. The average molecular weight is 283 g/mol. The summed E-state index contributed by atoms with van der Waals surface area (Å²) in [5.74, 6) is 0.155. The summed E-state index contributed by atoms with van der Waals surface area (Å²) in [4.78, 5) is 4.73. The van der Waals surface area contributed by atoms with Gasteiger partial charge in [-0.2, -0.15) is 0 Å². The number of piperidine rings is 1. The monoisotopic (exact) mass is 282 g/mol. The van der Waals surface area contributed by atoms with Crippen LogP contribution in [0.15, 0.2) is 11.7 Å². The zero-order valence-electron chi connectivity index (χ0n) is 8.76. The van der Waals surface area contributed by atoms with Gasteiger partial charge in [-0.25, -0.2) is 8.42 Å². The Bertz CT molecular complexity index is 399. The molecule has 2 rings (SSSR count). The van der Waals surface area contributed by atoms with E-state index in [1.807, 2.05) is 0 Å². The highest BCUT2D eigenvalue weighted by Crippen LogP contribution is 2.19. The molecule has 4 nitrogen and oxygen atoms in total. The van der Waals surface area contributed by atoms with Crippen molar-refractivity contribution in [3.8, 4) is 0 Å². The van der Waals surface area contributed by atoms with Crippen LogP contribution >= 0.6 is 23.7 Å². The predicted molar refractivity (Wildman–Crippen MR) is 67.9 cm³/mol. The van der Waals surface area contributed by atoms with Gasteiger partial charge in [-0.05, 0) is 25.9 Å². The first-order valence-corrected chi connectivity index (χ1v) is 7.57. The zero-order chi connectivity index (χ0) is 10.7. The van der Waals surface area contributed by atoms with Gasteiger partial charge < -0.3 is 5.32 Å². The van der Waals surface area contributed by atoms with Crippen molar-refractivity contribution in [1.82, 2.24) is 10.3 Å². The molecule has 0 spiro atoms. The van der Waals surface area contributed by atoms with Crippen molar-refractivity contribution >= 4 is 33.6 Å². The maximum Gasteiger partial charge on any atom is 0.158 e. The van der Waals surface area contributed by atoms with Crippen molar-refractivity contribution in [1.29, 1.82) is 0 Å². The molecule has 0 bridgehead atoms. The molecular weight excluding hydrogens is 268 g/mol. The summed E-state index contributed by atoms with van der Waals surface area (Å²) in [6.45, 7) is 1.62. The van der Waals surface area contributed by atoms with Crippen LogP contribution in [-0.2, 0) is 15.6 Å². The van der Waals surface area contributed by atoms with E-state index in [1.54, 1.807) is 11.7 Å². The molecule has 0 amide bonds. The van der Waals surface area contributed by atoms with Crippen LogP contribution < -0.4 is 5.32 Å². The highest BCUT2D eigenvalue weighted by molar-refractivity contribution is 7.91. The zero-order valence-corrected chi connectivity index (χ0v) is 11.2. The second kappa shape index (κ2) is 5.95. The molecule has 0 radical (unpaired) electrons. The Morgan fingerprint density at radius 2 is 2.12 bits per heavy atom. The second-order valence-electron chi connectivity index (χ2n) is 3.72. The van der Waals surface area contributed by atoms with Gasteiger partial charge in [0.15, 0.2) is 9.84 Å². The minimum atomic E-state index is -2.98. The Morgan fingerprint density at radius 1 is 1.44 bits per heavy atom. The topological polar surface area (TPSA) is 59.1 Å². The molecule has 7 heteroatoms. The Labute approximate surface area is 106 Å². The van der Waals surface area contributed by atoms with Crippen molar-refractivity contribution in [2.45, 2.75) is 23.8 Å². The number of sulfone groups is 1. The standard InChI is InChI=1S/C9H14N2O2S2.ClH/c12-15(13,6-8-5-11-7-14-8)9-1-3-10-4-2-9;/h5,7,9-10H,1-4,6H2;1H.